The predicted molar refractivity (Wildman–Crippen MR) is 111 cm³/mol. The van der Waals surface area contributed by atoms with Crippen molar-refractivity contribution in [1.29, 1.82) is 0 Å². The van der Waals surface area contributed by atoms with Gasteiger partial charge in [-0.15, -0.1) is 0 Å². The molecule has 0 fully saturated rings. The first-order valence-corrected chi connectivity index (χ1v) is 9.56. The SMILES string of the molecule is CC(=O)C1=C(Nc2ccc(C)cc2)C[C@@](C)(O)[C@H](C(C)=O)[C@H]1c1ccccc1. The van der Waals surface area contributed by atoms with Crippen LogP contribution in [0.3, 0.4) is 0 Å². The number of anilines is 1. The molecule has 1 aliphatic carbocycles. The maximum absolute atomic E-state index is 12.7. The second kappa shape index (κ2) is 7.72. The van der Waals surface area contributed by atoms with Crippen LogP contribution in [0.25, 0.3) is 0 Å². The summed E-state index contributed by atoms with van der Waals surface area (Å²) in [6.45, 7) is 6.71. The molecule has 2 N–H and O–H groups in total. The fourth-order valence-electron chi connectivity index (χ4n) is 4.32. The lowest BCUT2D eigenvalue weighted by Gasteiger charge is -2.43. The van der Waals surface area contributed by atoms with Crippen molar-refractivity contribution in [2.45, 2.75) is 45.6 Å². The van der Waals surface area contributed by atoms with Crippen molar-refractivity contribution in [3.8, 4) is 0 Å². The van der Waals surface area contributed by atoms with Crippen molar-refractivity contribution in [3.05, 3.63) is 77.0 Å². The minimum absolute atomic E-state index is 0.0924. The highest BCUT2D eigenvalue weighted by molar-refractivity contribution is 5.98. The van der Waals surface area contributed by atoms with Gasteiger partial charge in [0, 0.05) is 29.3 Å². The first-order valence-electron chi connectivity index (χ1n) is 9.56. The number of allylic oxidation sites excluding steroid dienone is 1. The first-order chi connectivity index (χ1) is 13.2. The van der Waals surface area contributed by atoms with E-state index in [-0.39, 0.29) is 18.0 Å². The van der Waals surface area contributed by atoms with Gasteiger partial charge in [0.1, 0.15) is 5.78 Å². The monoisotopic (exact) mass is 377 g/mol. The van der Waals surface area contributed by atoms with Crippen LogP contribution in [-0.4, -0.2) is 22.3 Å². The van der Waals surface area contributed by atoms with Crippen LogP contribution in [0.2, 0.25) is 0 Å². The molecule has 3 atom stereocenters. The third-order valence-corrected chi connectivity index (χ3v) is 5.50. The van der Waals surface area contributed by atoms with E-state index in [0.29, 0.717) is 11.3 Å². The topological polar surface area (TPSA) is 66.4 Å². The number of ketones is 2. The molecule has 28 heavy (non-hydrogen) atoms. The van der Waals surface area contributed by atoms with Crippen LogP contribution >= 0.6 is 0 Å². The fraction of sp³-hybridized carbons (Fsp3) is 0.333. The summed E-state index contributed by atoms with van der Waals surface area (Å²) >= 11 is 0. The van der Waals surface area contributed by atoms with E-state index in [9.17, 15) is 14.7 Å². The third-order valence-electron chi connectivity index (χ3n) is 5.50. The average molecular weight is 377 g/mol. The summed E-state index contributed by atoms with van der Waals surface area (Å²) in [6, 6.07) is 17.4. The van der Waals surface area contributed by atoms with Gasteiger partial charge in [0.15, 0.2) is 5.78 Å². The minimum atomic E-state index is -1.27. The van der Waals surface area contributed by atoms with Gasteiger partial charge in [-0.1, -0.05) is 48.0 Å². The van der Waals surface area contributed by atoms with E-state index in [0.717, 1.165) is 16.8 Å². The summed E-state index contributed by atoms with van der Waals surface area (Å²) in [4.78, 5) is 25.3. The van der Waals surface area contributed by atoms with Crippen LogP contribution in [0.4, 0.5) is 5.69 Å². The number of aryl methyl sites for hydroxylation is 1. The van der Waals surface area contributed by atoms with Crippen LogP contribution in [0.15, 0.2) is 65.9 Å². The van der Waals surface area contributed by atoms with Crippen molar-refractivity contribution in [1.82, 2.24) is 0 Å². The van der Waals surface area contributed by atoms with Crippen molar-refractivity contribution >= 4 is 17.3 Å². The molecule has 2 aromatic rings. The zero-order valence-corrected chi connectivity index (χ0v) is 16.8. The van der Waals surface area contributed by atoms with Crippen LogP contribution in [0.5, 0.6) is 0 Å². The number of aliphatic hydroxyl groups is 1. The molecule has 0 saturated carbocycles. The minimum Gasteiger partial charge on any atom is -0.389 e. The molecular formula is C24H27NO3. The van der Waals surface area contributed by atoms with Crippen molar-refractivity contribution in [3.63, 3.8) is 0 Å². The number of carbonyl (C=O) groups is 2. The highest BCUT2D eigenvalue weighted by atomic mass is 16.3. The summed E-state index contributed by atoms with van der Waals surface area (Å²) in [7, 11) is 0. The van der Waals surface area contributed by atoms with Gasteiger partial charge in [0.25, 0.3) is 0 Å². The molecule has 3 rings (SSSR count). The maximum Gasteiger partial charge on any atom is 0.158 e. The highest BCUT2D eigenvalue weighted by Gasteiger charge is 2.49. The lowest BCUT2D eigenvalue weighted by atomic mass is 9.64. The molecule has 2 aromatic carbocycles. The normalized spacial score (nSPS) is 24.8. The fourth-order valence-corrected chi connectivity index (χ4v) is 4.32. The number of hydrogen-bond acceptors (Lipinski definition) is 4. The number of rotatable bonds is 5. The predicted octanol–water partition coefficient (Wildman–Crippen LogP) is 4.39. The van der Waals surface area contributed by atoms with Gasteiger partial charge >= 0.3 is 0 Å². The third kappa shape index (κ3) is 3.92. The second-order valence-electron chi connectivity index (χ2n) is 7.95. The van der Waals surface area contributed by atoms with Crippen LogP contribution in [-0.2, 0) is 9.59 Å². The molecule has 0 radical (unpaired) electrons. The van der Waals surface area contributed by atoms with E-state index in [1.807, 2.05) is 61.5 Å². The van der Waals surface area contributed by atoms with E-state index in [1.165, 1.54) is 13.8 Å². The molecule has 4 nitrogen and oxygen atoms in total. The largest absolute Gasteiger partial charge is 0.389 e. The lowest BCUT2D eigenvalue weighted by Crippen LogP contribution is -2.48. The summed E-state index contributed by atoms with van der Waals surface area (Å²) in [5.74, 6) is -1.39. The number of Topliss-reactive ketones (excluding diaryl/α,β-unsaturated/α-hetero) is 2. The Labute approximate surface area is 166 Å². The molecule has 4 heteroatoms. The van der Waals surface area contributed by atoms with Gasteiger partial charge in [-0.2, -0.15) is 0 Å². The number of benzene rings is 2. The van der Waals surface area contributed by atoms with Gasteiger partial charge in [0.2, 0.25) is 0 Å². The molecular weight excluding hydrogens is 350 g/mol. The molecule has 0 amide bonds. The second-order valence-corrected chi connectivity index (χ2v) is 7.95. The standard InChI is InChI=1S/C24H27NO3/c1-15-10-12-19(13-11-15)25-20-14-24(4,28)23(17(3)27)22(21(20)16(2)26)18-8-6-5-7-9-18/h5-13,22-23,25,28H,14H2,1-4H3/t22-,23+,24+/m0/s1. The van der Waals surface area contributed by atoms with E-state index in [4.69, 9.17) is 0 Å². The van der Waals surface area contributed by atoms with E-state index < -0.39 is 17.4 Å². The molecule has 0 heterocycles. The number of carbonyl (C=O) groups excluding carboxylic acids is 2. The summed E-state index contributed by atoms with van der Waals surface area (Å²) in [6.07, 6.45) is 0.212. The van der Waals surface area contributed by atoms with Crippen LogP contribution < -0.4 is 5.32 Å². The van der Waals surface area contributed by atoms with Crippen molar-refractivity contribution in [2.24, 2.45) is 5.92 Å². The molecule has 0 aliphatic heterocycles. The summed E-state index contributed by atoms with van der Waals surface area (Å²) < 4.78 is 0. The smallest absolute Gasteiger partial charge is 0.158 e. The van der Waals surface area contributed by atoms with Gasteiger partial charge in [-0.05, 0) is 45.4 Å². The van der Waals surface area contributed by atoms with Gasteiger partial charge in [-0.3, -0.25) is 9.59 Å². The Morgan fingerprint density at radius 1 is 1.04 bits per heavy atom. The summed E-state index contributed by atoms with van der Waals surface area (Å²) in [5.41, 5.74) is 2.82. The average Bonchev–Trinajstić information content (AvgIpc) is 2.62. The Balaban J connectivity index is 2.18. The van der Waals surface area contributed by atoms with Crippen molar-refractivity contribution < 1.29 is 14.7 Å². The van der Waals surface area contributed by atoms with Crippen LogP contribution in [0.1, 0.15) is 44.2 Å². The molecule has 0 spiro atoms. The van der Waals surface area contributed by atoms with E-state index >= 15 is 0 Å². The molecule has 0 bridgehead atoms. The first kappa shape index (κ1) is 20.0. The van der Waals surface area contributed by atoms with E-state index in [1.54, 1.807) is 6.92 Å². The molecule has 0 unspecified atom stereocenters. The van der Waals surface area contributed by atoms with Crippen molar-refractivity contribution in [2.75, 3.05) is 5.32 Å². The quantitative estimate of drug-likeness (QED) is 0.811. The Morgan fingerprint density at radius 3 is 2.18 bits per heavy atom. The molecule has 146 valence electrons. The highest BCUT2D eigenvalue weighted by Crippen LogP contribution is 2.47. The zero-order chi connectivity index (χ0) is 20.5. The summed E-state index contributed by atoms with van der Waals surface area (Å²) in [5, 5.41) is 14.6. The number of hydrogen-bond donors (Lipinski definition) is 2. The van der Waals surface area contributed by atoms with Gasteiger partial charge in [0.05, 0.1) is 11.5 Å². The Bertz CT molecular complexity index is 911. The number of nitrogens with one attached hydrogen (secondary N) is 1. The van der Waals surface area contributed by atoms with Gasteiger partial charge in [-0.25, -0.2) is 0 Å². The molecule has 0 saturated heterocycles. The zero-order valence-electron chi connectivity index (χ0n) is 16.8. The van der Waals surface area contributed by atoms with Gasteiger partial charge < -0.3 is 10.4 Å². The van der Waals surface area contributed by atoms with Crippen LogP contribution in [0, 0.1) is 12.8 Å². The molecule has 0 aromatic heterocycles. The maximum atomic E-state index is 12.7. The van der Waals surface area contributed by atoms with E-state index in [2.05, 4.69) is 5.32 Å². The lowest BCUT2D eigenvalue weighted by molar-refractivity contribution is -0.131. The Hall–Kier alpha value is -2.72. The Kier molecular flexibility index (Phi) is 5.52. The Morgan fingerprint density at radius 2 is 1.64 bits per heavy atom. The molecule has 1 aliphatic rings.